The van der Waals surface area contributed by atoms with Gasteiger partial charge in [0, 0.05) is 7.11 Å². The summed E-state index contributed by atoms with van der Waals surface area (Å²) in [5.74, 6) is -0.0289. The Morgan fingerprint density at radius 2 is 1.48 bits per heavy atom. The Bertz CT molecular complexity index is 477. The van der Waals surface area contributed by atoms with E-state index in [1.807, 2.05) is 32.8 Å². The maximum absolute atomic E-state index is 12.6. The lowest BCUT2D eigenvalue weighted by molar-refractivity contribution is -0.131. The molecule has 0 unspecified atom stereocenters. The fraction of sp³-hybridized carbons (Fsp3) is 0.882. The molecule has 2 N–H and O–H groups in total. The average Bonchev–Trinajstić information content (AvgIpc) is 3.09. The third-order valence-electron chi connectivity index (χ3n) is 4.89. The average molecular weight is 357 g/mol. The van der Waals surface area contributed by atoms with Gasteiger partial charge in [0.2, 0.25) is 11.8 Å². The molecular formula is C17H31N3O5. The first kappa shape index (κ1) is 20.1. The van der Waals surface area contributed by atoms with E-state index in [1.165, 1.54) is 7.11 Å². The predicted molar refractivity (Wildman–Crippen MR) is 92.1 cm³/mol. The monoisotopic (exact) mass is 357 g/mol. The summed E-state index contributed by atoms with van der Waals surface area (Å²) in [7, 11) is 5.28. The first-order chi connectivity index (χ1) is 11.8. The largest absolute Gasteiger partial charge is 0.372 e. The predicted octanol–water partition coefficient (Wildman–Crippen LogP) is -0.625. The third kappa shape index (κ3) is 4.49. The van der Waals surface area contributed by atoms with Crippen LogP contribution in [0.3, 0.4) is 0 Å². The molecule has 0 spiro atoms. The second-order valence-electron chi connectivity index (χ2n) is 7.36. The summed E-state index contributed by atoms with van der Waals surface area (Å²) in [4.78, 5) is 26.5. The molecule has 0 aromatic carbocycles. The third-order valence-corrected chi connectivity index (χ3v) is 4.89. The van der Waals surface area contributed by atoms with Crippen LogP contribution in [0.25, 0.3) is 0 Å². The molecular weight excluding hydrogens is 326 g/mol. The van der Waals surface area contributed by atoms with Gasteiger partial charge < -0.3 is 24.8 Å². The first-order valence-electron chi connectivity index (χ1n) is 8.79. The summed E-state index contributed by atoms with van der Waals surface area (Å²) in [6, 6.07) is -0.647. The van der Waals surface area contributed by atoms with Gasteiger partial charge in [-0.2, -0.15) is 0 Å². The van der Waals surface area contributed by atoms with E-state index in [4.69, 9.17) is 14.2 Å². The SMILES string of the molecule is CO[C@@H](C)C(=O)N[C@H]1CO[C@H]2[C@@H]1OC[C@@H]2NC(=O)[C@H](C(C)C)N(C)C. The molecule has 2 aliphatic rings. The number of nitrogens with one attached hydrogen (secondary N) is 2. The highest BCUT2D eigenvalue weighted by Crippen LogP contribution is 2.27. The minimum atomic E-state index is -0.525. The summed E-state index contributed by atoms with van der Waals surface area (Å²) < 4.78 is 16.6. The number of carbonyl (C=O) groups excluding carboxylic acids is 2. The van der Waals surface area contributed by atoms with Crippen molar-refractivity contribution in [3.05, 3.63) is 0 Å². The van der Waals surface area contributed by atoms with Crippen LogP contribution in [0.4, 0.5) is 0 Å². The molecule has 25 heavy (non-hydrogen) atoms. The number of nitrogens with zero attached hydrogens (tertiary/aromatic N) is 1. The zero-order chi connectivity index (χ0) is 18.7. The number of rotatable bonds is 7. The van der Waals surface area contributed by atoms with E-state index in [2.05, 4.69) is 10.6 Å². The number of fused-ring (bicyclic) bond motifs is 1. The summed E-state index contributed by atoms with van der Waals surface area (Å²) in [5, 5.41) is 5.95. The Hall–Kier alpha value is -1.22. The van der Waals surface area contributed by atoms with E-state index in [0.717, 1.165) is 0 Å². The minimum Gasteiger partial charge on any atom is -0.372 e. The summed E-state index contributed by atoms with van der Waals surface area (Å²) in [6.07, 6.45) is -1.03. The van der Waals surface area contributed by atoms with E-state index in [-0.39, 0.29) is 48.1 Å². The van der Waals surface area contributed by atoms with Crippen LogP contribution in [0.5, 0.6) is 0 Å². The van der Waals surface area contributed by atoms with E-state index < -0.39 is 6.10 Å². The standard InChI is InChI=1S/C17H31N3O5/c1-9(2)13(20(4)5)17(22)19-12-8-25-14-11(7-24-15(12)14)18-16(21)10(3)23-6/h9-15H,7-8H2,1-6H3,(H,18,21)(H,19,22)/t10-,11-,12-,13-,14+,15+/m0/s1. The summed E-state index contributed by atoms with van der Waals surface area (Å²) >= 11 is 0. The summed E-state index contributed by atoms with van der Waals surface area (Å²) in [5.41, 5.74) is 0. The van der Waals surface area contributed by atoms with Gasteiger partial charge in [-0.15, -0.1) is 0 Å². The van der Waals surface area contributed by atoms with Crippen molar-refractivity contribution < 1.29 is 23.8 Å². The number of carbonyl (C=O) groups is 2. The van der Waals surface area contributed by atoms with E-state index in [1.54, 1.807) is 6.92 Å². The molecule has 0 bridgehead atoms. The van der Waals surface area contributed by atoms with Crippen molar-refractivity contribution in [2.45, 2.75) is 57.2 Å². The molecule has 2 saturated heterocycles. The second kappa shape index (κ2) is 8.44. The number of methoxy groups -OCH3 is 1. The molecule has 0 aromatic heterocycles. The quantitative estimate of drug-likeness (QED) is 0.631. The second-order valence-corrected chi connectivity index (χ2v) is 7.36. The number of likely N-dealkylation sites (N-methyl/N-ethyl adjacent to an activating group) is 1. The Balaban J connectivity index is 1.93. The number of hydrogen-bond donors (Lipinski definition) is 2. The van der Waals surface area contributed by atoms with Crippen LogP contribution in [0.15, 0.2) is 0 Å². The van der Waals surface area contributed by atoms with Crippen LogP contribution in [0, 0.1) is 5.92 Å². The van der Waals surface area contributed by atoms with Gasteiger partial charge in [0.05, 0.1) is 31.3 Å². The molecule has 2 rings (SSSR count). The Labute approximate surface area is 149 Å². The molecule has 2 heterocycles. The molecule has 0 saturated carbocycles. The van der Waals surface area contributed by atoms with Crippen molar-refractivity contribution in [1.82, 2.24) is 15.5 Å². The van der Waals surface area contributed by atoms with Gasteiger partial charge in [0.1, 0.15) is 18.3 Å². The van der Waals surface area contributed by atoms with Crippen LogP contribution >= 0.6 is 0 Å². The normalized spacial score (nSPS) is 31.0. The fourth-order valence-corrected chi connectivity index (χ4v) is 3.56. The Morgan fingerprint density at radius 3 is 1.88 bits per heavy atom. The molecule has 144 valence electrons. The maximum atomic E-state index is 12.6. The van der Waals surface area contributed by atoms with Crippen molar-refractivity contribution in [3.8, 4) is 0 Å². The van der Waals surface area contributed by atoms with Crippen LogP contribution in [-0.4, -0.2) is 87.6 Å². The smallest absolute Gasteiger partial charge is 0.249 e. The van der Waals surface area contributed by atoms with Crippen LogP contribution in [-0.2, 0) is 23.8 Å². The maximum Gasteiger partial charge on any atom is 0.249 e. The molecule has 0 radical (unpaired) electrons. The molecule has 6 atom stereocenters. The lowest BCUT2D eigenvalue weighted by Gasteiger charge is -2.28. The molecule has 0 aliphatic carbocycles. The van der Waals surface area contributed by atoms with Crippen molar-refractivity contribution in [3.63, 3.8) is 0 Å². The van der Waals surface area contributed by atoms with Gasteiger partial charge in [-0.1, -0.05) is 13.8 Å². The van der Waals surface area contributed by atoms with Crippen molar-refractivity contribution in [2.75, 3.05) is 34.4 Å². The highest BCUT2D eigenvalue weighted by molar-refractivity contribution is 5.82. The molecule has 2 aliphatic heterocycles. The van der Waals surface area contributed by atoms with Crippen LogP contribution < -0.4 is 10.6 Å². The first-order valence-corrected chi connectivity index (χ1v) is 8.79. The minimum absolute atomic E-state index is 0.0293. The molecule has 2 fully saturated rings. The molecule has 8 nitrogen and oxygen atoms in total. The lowest BCUT2D eigenvalue weighted by Crippen LogP contribution is -2.53. The van der Waals surface area contributed by atoms with Crippen molar-refractivity contribution in [2.24, 2.45) is 5.92 Å². The summed E-state index contributed by atoms with van der Waals surface area (Å²) in [6.45, 7) is 6.48. The van der Waals surface area contributed by atoms with Gasteiger partial charge in [-0.3, -0.25) is 14.5 Å². The highest BCUT2D eigenvalue weighted by atomic mass is 16.6. The van der Waals surface area contributed by atoms with E-state index in [9.17, 15) is 9.59 Å². The fourth-order valence-electron chi connectivity index (χ4n) is 3.56. The topological polar surface area (TPSA) is 89.1 Å². The van der Waals surface area contributed by atoms with E-state index in [0.29, 0.717) is 13.2 Å². The van der Waals surface area contributed by atoms with Crippen LogP contribution in [0.1, 0.15) is 20.8 Å². The number of amides is 2. The van der Waals surface area contributed by atoms with Gasteiger partial charge in [-0.25, -0.2) is 0 Å². The van der Waals surface area contributed by atoms with Crippen molar-refractivity contribution in [1.29, 1.82) is 0 Å². The van der Waals surface area contributed by atoms with Crippen LogP contribution in [0.2, 0.25) is 0 Å². The zero-order valence-corrected chi connectivity index (χ0v) is 15.9. The lowest BCUT2D eigenvalue weighted by atomic mass is 10.0. The molecule has 8 heteroatoms. The van der Waals surface area contributed by atoms with Crippen molar-refractivity contribution >= 4 is 11.8 Å². The number of ether oxygens (including phenoxy) is 3. The highest BCUT2D eigenvalue weighted by Gasteiger charge is 2.49. The van der Waals surface area contributed by atoms with Gasteiger partial charge in [0.15, 0.2) is 0 Å². The van der Waals surface area contributed by atoms with Gasteiger partial charge in [-0.05, 0) is 26.9 Å². The number of hydrogen-bond acceptors (Lipinski definition) is 6. The van der Waals surface area contributed by atoms with Gasteiger partial charge >= 0.3 is 0 Å². The van der Waals surface area contributed by atoms with E-state index >= 15 is 0 Å². The molecule has 2 amide bonds. The Kier molecular flexibility index (Phi) is 6.79. The van der Waals surface area contributed by atoms with Gasteiger partial charge in [0.25, 0.3) is 0 Å². The zero-order valence-electron chi connectivity index (χ0n) is 15.9. The Morgan fingerprint density at radius 1 is 1.00 bits per heavy atom. The molecule has 0 aromatic rings.